The molecule has 1 aliphatic rings. The Bertz CT molecular complexity index is 1370. The lowest BCUT2D eigenvalue weighted by Crippen LogP contribution is -2.43. The van der Waals surface area contributed by atoms with Crippen molar-refractivity contribution in [1.82, 2.24) is 9.80 Å². The van der Waals surface area contributed by atoms with Gasteiger partial charge >= 0.3 is 0 Å². The van der Waals surface area contributed by atoms with Gasteiger partial charge in [-0.25, -0.2) is 0 Å². The zero-order chi connectivity index (χ0) is 26.0. The van der Waals surface area contributed by atoms with E-state index < -0.39 is 0 Å². The van der Waals surface area contributed by atoms with Gasteiger partial charge in [-0.15, -0.1) is 0 Å². The Labute approximate surface area is 220 Å². The smallest absolute Gasteiger partial charge is 0.255 e. The van der Waals surface area contributed by atoms with Crippen LogP contribution in [0.4, 0.5) is 0 Å². The molecule has 0 unspecified atom stereocenters. The first kappa shape index (κ1) is 26.0. The second kappa shape index (κ2) is 10.9. The maximum absolute atomic E-state index is 14.1. The minimum absolute atomic E-state index is 0.0625. The highest BCUT2D eigenvalue weighted by atomic mass is 35.5. The van der Waals surface area contributed by atoms with Crippen LogP contribution in [0.1, 0.15) is 46.3 Å². The molecule has 0 N–H and O–H groups in total. The van der Waals surface area contributed by atoms with Crippen LogP contribution in [0.5, 0.6) is 0 Å². The third-order valence-corrected chi connectivity index (χ3v) is 7.28. The summed E-state index contributed by atoms with van der Waals surface area (Å²) in [5, 5.41) is 12.2. The number of fused-ring (bicyclic) bond motifs is 3. The molecule has 3 aromatic carbocycles. The molecule has 0 fully saturated rings. The van der Waals surface area contributed by atoms with Crippen molar-refractivity contribution in [3.8, 4) is 6.07 Å². The van der Waals surface area contributed by atoms with E-state index in [-0.39, 0.29) is 43.4 Å². The molecule has 0 spiro atoms. The molecule has 6 nitrogen and oxygen atoms in total. The molecule has 0 aliphatic carbocycles. The molecule has 2 atom stereocenters. The molecule has 0 saturated carbocycles. The molecule has 1 heterocycles. The van der Waals surface area contributed by atoms with Crippen molar-refractivity contribution in [3.63, 3.8) is 0 Å². The molecule has 0 bridgehead atoms. The van der Waals surface area contributed by atoms with Crippen LogP contribution < -0.4 is 0 Å². The average Bonchev–Trinajstić information content (AvgIpc) is 2.86. The summed E-state index contributed by atoms with van der Waals surface area (Å²) in [7, 11) is 3.41. The minimum Gasteiger partial charge on any atom is -0.372 e. The van der Waals surface area contributed by atoms with Gasteiger partial charge in [0.2, 0.25) is 5.91 Å². The van der Waals surface area contributed by atoms with Crippen LogP contribution in [0.15, 0.2) is 48.5 Å². The van der Waals surface area contributed by atoms with Gasteiger partial charge in [-0.05, 0) is 41.5 Å². The number of rotatable bonds is 5. The second-order valence-corrected chi connectivity index (χ2v) is 10.1. The molecule has 0 saturated heterocycles. The number of nitrogens with zero attached hydrogens (tertiary/aromatic N) is 3. The summed E-state index contributed by atoms with van der Waals surface area (Å²) in [6.07, 6.45) is -0.0744. The first-order chi connectivity index (χ1) is 17.2. The highest BCUT2D eigenvalue weighted by molar-refractivity contribution is 6.42. The van der Waals surface area contributed by atoms with E-state index in [0.29, 0.717) is 33.3 Å². The number of benzene rings is 3. The number of amides is 2. The van der Waals surface area contributed by atoms with Gasteiger partial charge in [0.15, 0.2) is 0 Å². The fourth-order valence-electron chi connectivity index (χ4n) is 4.58. The zero-order valence-corrected chi connectivity index (χ0v) is 21.9. The summed E-state index contributed by atoms with van der Waals surface area (Å²) in [5.41, 5.74) is 2.31. The van der Waals surface area contributed by atoms with E-state index >= 15 is 0 Å². The molecule has 3 aromatic rings. The molecule has 8 heteroatoms. The Hall–Kier alpha value is -3.11. The summed E-state index contributed by atoms with van der Waals surface area (Å²) < 4.78 is 6.06. The molecule has 4 rings (SSSR count). The Kier molecular flexibility index (Phi) is 7.85. The Balaban J connectivity index is 1.80. The molecule has 0 aromatic heterocycles. The van der Waals surface area contributed by atoms with Crippen molar-refractivity contribution >= 4 is 45.8 Å². The van der Waals surface area contributed by atoms with Crippen LogP contribution in [0.2, 0.25) is 10.0 Å². The van der Waals surface area contributed by atoms with E-state index in [4.69, 9.17) is 27.9 Å². The van der Waals surface area contributed by atoms with Gasteiger partial charge in [0.05, 0.1) is 40.0 Å². The van der Waals surface area contributed by atoms with Crippen molar-refractivity contribution < 1.29 is 14.3 Å². The number of hydrogen-bond donors (Lipinski definition) is 0. The van der Waals surface area contributed by atoms with Crippen LogP contribution in [-0.2, 0) is 16.1 Å². The maximum atomic E-state index is 14.1. The third kappa shape index (κ3) is 5.34. The van der Waals surface area contributed by atoms with E-state index in [1.54, 1.807) is 37.2 Å². The summed E-state index contributed by atoms with van der Waals surface area (Å²) in [4.78, 5) is 30.2. The quantitative estimate of drug-likeness (QED) is 0.433. The number of halogens is 2. The summed E-state index contributed by atoms with van der Waals surface area (Å²) in [5.74, 6) is -0.567. The standard InChI is InChI=1S/C28H27Cl2N3O3/c1-17-14-33(15-21(12-26(34)32(2)3)18-8-9-24(29)25(30)11-18)28(35)27-22-7-5-4-6-19(22)10-20(13-31)23(27)16-36-17/h4-11,17,21H,12,14-16H2,1-3H3/t17-,21-/m1/s1. The second-order valence-electron chi connectivity index (χ2n) is 9.31. The van der Waals surface area contributed by atoms with E-state index in [2.05, 4.69) is 6.07 Å². The third-order valence-electron chi connectivity index (χ3n) is 6.54. The van der Waals surface area contributed by atoms with Crippen molar-refractivity contribution in [2.45, 2.75) is 32.0 Å². The van der Waals surface area contributed by atoms with Gasteiger partial charge in [0.1, 0.15) is 0 Å². The number of hydrogen-bond acceptors (Lipinski definition) is 4. The van der Waals surface area contributed by atoms with Crippen LogP contribution in [-0.4, -0.2) is 54.9 Å². The summed E-state index contributed by atoms with van der Waals surface area (Å²) in [6, 6.07) is 16.9. The van der Waals surface area contributed by atoms with E-state index in [1.165, 1.54) is 4.90 Å². The predicted molar refractivity (Wildman–Crippen MR) is 141 cm³/mol. The normalized spacial score (nSPS) is 16.6. The summed E-state index contributed by atoms with van der Waals surface area (Å²) in [6.45, 7) is 2.70. The van der Waals surface area contributed by atoms with Gasteiger partial charge in [-0.2, -0.15) is 5.26 Å². The van der Waals surface area contributed by atoms with Gasteiger partial charge in [0, 0.05) is 45.1 Å². The lowest BCUT2D eigenvalue weighted by atomic mass is 9.91. The average molecular weight is 524 g/mol. The van der Waals surface area contributed by atoms with Crippen LogP contribution in [0.3, 0.4) is 0 Å². The fourth-order valence-corrected chi connectivity index (χ4v) is 4.89. The number of ether oxygens (including phenoxy) is 1. The molecule has 0 radical (unpaired) electrons. The lowest BCUT2D eigenvalue weighted by molar-refractivity contribution is -0.129. The zero-order valence-electron chi connectivity index (χ0n) is 20.4. The molecular formula is C28H27Cl2N3O3. The van der Waals surface area contributed by atoms with Gasteiger partial charge in [-0.3, -0.25) is 9.59 Å². The van der Waals surface area contributed by atoms with Crippen molar-refractivity contribution in [2.75, 3.05) is 27.2 Å². The van der Waals surface area contributed by atoms with E-state index in [9.17, 15) is 14.9 Å². The van der Waals surface area contributed by atoms with Crippen LogP contribution in [0, 0.1) is 11.3 Å². The van der Waals surface area contributed by atoms with Crippen LogP contribution in [0.25, 0.3) is 10.8 Å². The Morgan fingerprint density at radius 3 is 2.64 bits per heavy atom. The first-order valence-corrected chi connectivity index (χ1v) is 12.5. The monoisotopic (exact) mass is 523 g/mol. The molecule has 36 heavy (non-hydrogen) atoms. The van der Waals surface area contributed by atoms with Gasteiger partial charge < -0.3 is 14.5 Å². The fraction of sp³-hybridized carbons (Fsp3) is 0.321. The van der Waals surface area contributed by atoms with E-state index in [1.807, 2.05) is 37.3 Å². The topological polar surface area (TPSA) is 73.6 Å². The lowest BCUT2D eigenvalue weighted by Gasteiger charge is -2.33. The Morgan fingerprint density at radius 1 is 1.19 bits per heavy atom. The molecular weight excluding hydrogens is 497 g/mol. The van der Waals surface area contributed by atoms with Crippen molar-refractivity contribution in [3.05, 3.63) is 80.8 Å². The molecule has 186 valence electrons. The van der Waals surface area contributed by atoms with Crippen LogP contribution >= 0.6 is 23.2 Å². The highest BCUT2D eigenvalue weighted by Crippen LogP contribution is 2.33. The SMILES string of the molecule is C[C@@H]1CN(C[C@@H](CC(=O)N(C)C)c2ccc(Cl)c(Cl)c2)C(=O)c2c(c(C#N)cc3ccccc23)CO1. The number of carbonyl (C=O) groups is 2. The highest BCUT2D eigenvalue weighted by Gasteiger charge is 2.31. The molecule has 1 aliphatic heterocycles. The molecule has 2 amide bonds. The summed E-state index contributed by atoms with van der Waals surface area (Å²) >= 11 is 12.4. The number of carbonyl (C=O) groups excluding carboxylic acids is 2. The van der Waals surface area contributed by atoms with Gasteiger partial charge in [0.25, 0.3) is 5.91 Å². The minimum atomic E-state index is -0.320. The Morgan fingerprint density at radius 2 is 1.94 bits per heavy atom. The first-order valence-electron chi connectivity index (χ1n) is 11.7. The van der Waals surface area contributed by atoms with Crippen molar-refractivity contribution in [1.29, 1.82) is 5.26 Å². The predicted octanol–water partition coefficient (Wildman–Crippen LogP) is 5.64. The number of nitriles is 1. The maximum Gasteiger partial charge on any atom is 0.255 e. The van der Waals surface area contributed by atoms with Crippen molar-refractivity contribution in [2.24, 2.45) is 0 Å². The van der Waals surface area contributed by atoms with E-state index in [0.717, 1.165) is 16.3 Å². The largest absolute Gasteiger partial charge is 0.372 e. The van der Waals surface area contributed by atoms with Gasteiger partial charge in [-0.1, -0.05) is 53.5 Å².